The molecule has 2 aromatic rings. The van der Waals surface area contributed by atoms with Gasteiger partial charge < -0.3 is 15.8 Å². The molecule has 0 radical (unpaired) electrons. The Hall–Kier alpha value is -1.85. The normalized spacial score (nSPS) is 17.8. The molecule has 3 N–H and O–H groups in total. The van der Waals surface area contributed by atoms with Crippen LogP contribution in [0.5, 0.6) is 0 Å². The largest absolute Gasteiger partial charge is 0.399 e. The second kappa shape index (κ2) is 6.28. The maximum absolute atomic E-state index is 5.82. The first-order valence-corrected chi connectivity index (χ1v) is 7.43. The van der Waals surface area contributed by atoms with E-state index in [0.29, 0.717) is 6.04 Å². The van der Waals surface area contributed by atoms with Gasteiger partial charge in [-0.2, -0.15) is 0 Å². The van der Waals surface area contributed by atoms with Gasteiger partial charge in [0.2, 0.25) is 0 Å². The highest BCUT2D eigenvalue weighted by Gasteiger charge is 2.14. The van der Waals surface area contributed by atoms with Gasteiger partial charge in [-0.15, -0.1) is 0 Å². The molecule has 5 heteroatoms. The number of nitrogens with one attached hydrogen (secondary N) is 1. The number of hydrogen-bond donors (Lipinski definition) is 2. The fraction of sp³-hybridized carbons (Fsp3) is 0.438. The quantitative estimate of drug-likeness (QED) is 0.841. The van der Waals surface area contributed by atoms with Crippen molar-refractivity contribution in [2.45, 2.75) is 13.0 Å². The average molecular weight is 286 g/mol. The van der Waals surface area contributed by atoms with Gasteiger partial charge in [-0.3, -0.25) is 9.88 Å². The number of nitrogens with zero attached hydrogens (tertiary/aromatic N) is 2. The van der Waals surface area contributed by atoms with Crippen LogP contribution in [0.3, 0.4) is 0 Å². The van der Waals surface area contributed by atoms with Gasteiger partial charge >= 0.3 is 0 Å². The zero-order valence-electron chi connectivity index (χ0n) is 12.4. The van der Waals surface area contributed by atoms with Crippen LogP contribution in [0.2, 0.25) is 0 Å². The molecule has 1 aromatic carbocycles. The monoisotopic (exact) mass is 286 g/mol. The molecule has 1 saturated heterocycles. The summed E-state index contributed by atoms with van der Waals surface area (Å²) in [5, 5.41) is 4.70. The van der Waals surface area contributed by atoms with Crippen molar-refractivity contribution in [1.82, 2.24) is 9.88 Å². The molecule has 1 aromatic heterocycles. The lowest BCUT2D eigenvalue weighted by molar-refractivity contribution is 0.0368. The first kappa shape index (κ1) is 14.1. The fourth-order valence-electron chi connectivity index (χ4n) is 2.77. The zero-order chi connectivity index (χ0) is 14.7. The summed E-state index contributed by atoms with van der Waals surface area (Å²) in [5.41, 5.74) is 8.61. The van der Waals surface area contributed by atoms with Crippen LogP contribution in [0.25, 0.3) is 10.9 Å². The van der Waals surface area contributed by atoms with Gasteiger partial charge in [-0.25, -0.2) is 0 Å². The molecule has 21 heavy (non-hydrogen) atoms. The summed E-state index contributed by atoms with van der Waals surface area (Å²) < 4.78 is 5.39. The molecule has 0 amide bonds. The van der Waals surface area contributed by atoms with Crippen molar-refractivity contribution < 1.29 is 4.74 Å². The highest BCUT2D eigenvalue weighted by Crippen LogP contribution is 2.24. The van der Waals surface area contributed by atoms with E-state index in [0.717, 1.165) is 55.1 Å². The van der Waals surface area contributed by atoms with E-state index in [-0.39, 0.29) is 0 Å². The standard InChI is InChI=1S/C16H22N4O/c1-12(11-20-6-8-21-9-7-20)19-15-4-5-18-16-10-13(17)2-3-14(15)16/h2-5,10,12H,6-9,11,17H2,1H3,(H,18,19). The zero-order valence-corrected chi connectivity index (χ0v) is 12.4. The lowest BCUT2D eigenvalue weighted by Crippen LogP contribution is -2.42. The van der Waals surface area contributed by atoms with Crippen LogP contribution in [0.1, 0.15) is 6.92 Å². The number of nitrogens with two attached hydrogens (primary N) is 1. The van der Waals surface area contributed by atoms with Crippen molar-refractivity contribution in [3.05, 3.63) is 30.5 Å². The number of aromatic nitrogens is 1. The molecule has 3 rings (SSSR count). The van der Waals surface area contributed by atoms with Crippen LogP contribution in [0, 0.1) is 0 Å². The lowest BCUT2D eigenvalue weighted by Gasteiger charge is -2.29. The van der Waals surface area contributed by atoms with E-state index >= 15 is 0 Å². The molecule has 1 fully saturated rings. The van der Waals surface area contributed by atoms with E-state index in [9.17, 15) is 0 Å². The Kier molecular flexibility index (Phi) is 4.22. The molecule has 0 saturated carbocycles. The SMILES string of the molecule is CC(CN1CCOCC1)Nc1ccnc2cc(N)ccc12. The van der Waals surface area contributed by atoms with Crippen LogP contribution < -0.4 is 11.1 Å². The van der Waals surface area contributed by atoms with Crippen LogP contribution in [-0.4, -0.2) is 48.8 Å². The Bertz CT molecular complexity index is 610. The van der Waals surface area contributed by atoms with Gasteiger partial charge in [0.1, 0.15) is 0 Å². The minimum Gasteiger partial charge on any atom is -0.399 e. The molecule has 1 atom stereocenters. The summed E-state index contributed by atoms with van der Waals surface area (Å²) in [5.74, 6) is 0. The molecule has 1 unspecified atom stereocenters. The Morgan fingerprint density at radius 1 is 1.33 bits per heavy atom. The molecule has 0 bridgehead atoms. The number of fused-ring (bicyclic) bond motifs is 1. The molecular formula is C16H22N4O. The molecular weight excluding hydrogens is 264 g/mol. The van der Waals surface area contributed by atoms with Crippen LogP contribution in [0.15, 0.2) is 30.5 Å². The topological polar surface area (TPSA) is 63.4 Å². The van der Waals surface area contributed by atoms with Gasteiger partial charge in [0.15, 0.2) is 0 Å². The van der Waals surface area contributed by atoms with Crippen LogP contribution >= 0.6 is 0 Å². The van der Waals surface area contributed by atoms with E-state index in [1.165, 1.54) is 0 Å². The molecule has 0 spiro atoms. The Morgan fingerprint density at radius 3 is 2.95 bits per heavy atom. The molecule has 112 valence electrons. The fourth-order valence-corrected chi connectivity index (χ4v) is 2.77. The summed E-state index contributed by atoms with van der Waals surface area (Å²) in [6, 6.07) is 8.25. The van der Waals surface area contributed by atoms with E-state index in [1.54, 1.807) is 0 Å². The number of ether oxygens (including phenoxy) is 1. The summed E-state index contributed by atoms with van der Waals surface area (Å²) >= 11 is 0. The van der Waals surface area contributed by atoms with Gasteiger partial charge in [0.25, 0.3) is 0 Å². The third-order valence-electron chi connectivity index (χ3n) is 3.80. The first-order valence-electron chi connectivity index (χ1n) is 7.43. The first-order chi connectivity index (χ1) is 10.2. The second-order valence-electron chi connectivity index (χ2n) is 5.59. The predicted molar refractivity (Wildman–Crippen MR) is 86.5 cm³/mol. The molecule has 1 aliphatic heterocycles. The molecule has 5 nitrogen and oxygen atoms in total. The van der Waals surface area contributed by atoms with Crippen molar-refractivity contribution in [2.75, 3.05) is 43.9 Å². The van der Waals surface area contributed by atoms with Gasteiger partial charge in [-0.1, -0.05) is 0 Å². The maximum atomic E-state index is 5.82. The van der Waals surface area contributed by atoms with Crippen LogP contribution in [-0.2, 0) is 4.74 Å². The minimum absolute atomic E-state index is 0.367. The number of hydrogen-bond acceptors (Lipinski definition) is 5. The summed E-state index contributed by atoms with van der Waals surface area (Å²) in [6.07, 6.45) is 1.82. The number of rotatable bonds is 4. The van der Waals surface area contributed by atoms with Crippen molar-refractivity contribution in [1.29, 1.82) is 0 Å². The van der Waals surface area contributed by atoms with Gasteiger partial charge in [0.05, 0.1) is 18.7 Å². The van der Waals surface area contributed by atoms with E-state index in [1.807, 2.05) is 30.5 Å². The van der Waals surface area contributed by atoms with Crippen molar-refractivity contribution in [3.8, 4) is 0 Å². The highest BCUT2D eigenvalue weighted by atomic mass is 16.5. The van der Waals surface area contributed by atoms with E-state index in [4.69, 9.17) is 10.5 Å². The number of morpholine rings is 1. The Balaban J connectivity index is 1.71. The second-order valence-corrected chi connectivity index (χ2v) is 5.59. The number of benzene rings is 1. The number of nitrogen functional groups attached to an aromatic ring is 1. The van der Waals surface area contributed by atoms with E-state index in [2.05, 4.69) is 22.1 Å². The maximum Gasteiger partial charge on any atom is 0.0743 e. The molecule has 0 aliphatic carbocycles. The average Bonchev–Trinajstić information content (AvgIpc) is 2.48. The van der Waals surface area contributed by atoms with Crippen LogP contribution in [0.4, 0.5) is 11.4 Å². The lowest BCUT2D eigenvalue weighted by atomic mass is 10.1. The number of pyridine rings is 1. The molecule has 1 aliphatic rings. The van der Waals surface area contributed by atoms with E-state index < -0.39 is 0 Å². The molecule has 2 heterocycles. The third kappa shape index (κ3) is 3.43. The van der Waals surface area contributed by atoms with Gasteiger partial charge in [-0.05, 0) is 31.2 Å². The minimum atomic E-state index is 0.367. The van der Waals surface area contributed by atoms with Crippen molar-refractivity contribution in [3.63, 3.8) is 0 Å². The number of anilines is 2. The summed E-state index contributed by atoms with van der Waals surface area (Å²) in [4.78, 5) is 6.81. The smallest absolute Gasteiger partial charge is 0.0743 e. The summed E-state index contributed by atoms with van der Waals surface area (Å²) in [6.45, 7) is 6.93. The van der Waals surface area contributed by atoms with Gasteiger partial charge in [0, 0.05) is 48.6 Å². The predicted octanol–water partition coefficient (Wildman–Crippen LogP) is 1.95. The Labute approximate surface area is 125 Å². The third-order valence-corrected chi connectivity index (χ3v) is 3.80. The summed E-state index contributed by atoms with van der Waals surface area (Å²) in [7, 11) is 0. The van der Waals surface area contributed by atoms with Crippen molar-refractivity contribution >= 4 is 22.3 Å². The van der Waals surface area contributed by atoms with Crippen molar-refractivity contribution in [2.24, 2.45) is 0 Å². The Morgan fingerprint density at radius 2 is 2.14 bits per heavy atom. The highest BCUT2D eigenvalue weighted by molar-refractivity contribution is 5.92.